The molecule has 2 rings (SSSR count). The number of rotatable bonds is 12. The molecule has 0 bridgehead atoms. The highest BCUT2D eigenvalue weighted by molar-refractivity contribution is 5.20. The van der Waals surface area contributed by atoms with Crippen molar-refractivity contribution in [2.24, 2.45) is 22.7 Å². The summed E-state index contributed by atoms with van der Waals surface area (Å²) in [4.78, 5) is 0. The van der Waals surface area contributed by atoms with E-state index < -0.39 is 0 Å². The molecule has 0 N–H and O–H groups in total. The Bertz CT molecular complexity index is 698. The first-order valence-corrected chi connectivity index (χ1v) is 13.2. The molecule has 33 heavy (non-hydrogen) atoms. The van der Waals surface area contributed by atoms with Gasteiger partial charge in [-0.05, 0) is 72.3 Å². The molecule has 0 aliphatic heterocycles. The van der Waals surface area contributed by atoms with Crippen LogP contribution >= 0.6 is 0 Å². The minimum absolute atomic E-state index is 0.136. The topological polar surface area (TPSA) is 9.23 Å². The second-order valence-corrected chi connectivity index (χ2v) is 12.8. The van der Waals surface area contributed by atoms with Crippen molar-refractivity contribution in [3.63, 3.8) is 0 Å². The molecule has 0 heterocycles. The van der Waals surface area contributed by atoms with Gasteiger partial charge in [-0.15, -0.1) is 0 Å². The van der Waals surface area contributed by atoms with Gasteiger partial charge >= 0.3 is 0 Å². The highest BCUT2D eigenvalue weighted by Crippen LogP contribution is 2.37. The van der Waals surface area contributed by atoms with Crippen LogP contribution in [0.15, 0.2) is 60.7 Å². The molecule has 4 unspecified atom stereocenters. The molecule has 0 spiro atoms. The largest absolute Gasteiger partial charge is 0.366 e. The SMILES string of the molecule is CC(CCC(OC(CCC(C)CC(C)(C)C)c1ccccc1)c1ccccc1)CC(C)(C)C. The summed E-state index contributed by atoms with van der Waals surface area (Å²) in [6.07, 6.45) is 7.30. The van der Waals surface area contributed by atoms with Gasteiger partial charge in [-0.1, -0.05) is 116 Å². The third-order valence-corrected chi connectivity index (χ3v) is 6.44. The van der Waals surface area contributed by atoms with Gasteiger partial charge in [0, 0.05) is 0 Å². The second kappa shape index (κ2) is 12.7. The molecule has 0 aliphatic rings. The quantitative estimate of drug-likeness (QED) is 0.312. The maximum absolute atomic E-state index is 6.98. The summed E-state index contributed by atoms with van der Waals surface area (Å²) >= 11 is 0. The van der Waals surface area contributed by atoms with Gasteiger partial charge in [-0.2, -0.15) is 0 Å². The van der Waals surface area contributed by atoms with Crippen LogP contribution in [0.3, 0.4) is 0 Å². The Morgan fingerprint density at radius 3 is 1.18 bits per heavy atom. The number of hydrogen-bond donors (Lipinski definition) is 0. The molecule has 0 amide bonds. The van der Waals surface area contributed by atoms with Gasteiger partial charge in [0.25, 0.3) is 0 Å². The summed E-state index contributed by atoms with van der Waals surface area (Å²) in [5.41, 5.74) is 3.37. The van der Waals surface area contributed by atoms with Gasteiger partial charge in [0.15, 0.2) is 0 Å². The van der Waals surface area contributed by atoms with E-state index in [1.165, 1.54) is 36.8 Å². The number of hydrogen-bond acceptors (Lipinski definition) is 1. The molecular weight excluding hydrogens is 400 g/mol. The summed E-state index contributed by atoms with van der Waals surface area (Å²) in [5.74, 6) is 1.39. The highest BCUT2D eigenvalue weighted by Gasteiger charge is 2.24. The molecule has 1 heteroatoms. The molecule has 0 aromatic heterocycles. The average Bonchev–Trinajstić information content (AvgIpc) is 2.72. The summed E-state index contributed by atoms with van der Waals surface area (Å²) < 4.78 is 6.98. The first-order valence-electron chi connectivity index (χ1n) is 13.2. The summed E-state index contributed by atoms with van der Waals surface area (Å²) in [5, 5.41) is 0. The fourth-order valence-corrected chi connectivity index (χ4v) is 5.33. The Kier molecular flexibility index (Phi) is 10.7. The van der Waals surface area contributed by atoms with Gasteiger partial charge < -0.3 is 4.74 Å². The van der Waals surface area contributed by atoms with Crippen LogP contribution in [0.2, 0.25) is 0 Å². The molecule has 4 atom stereocenters. The fraction of sp³-hybridized carbons (Fsp3) is 0.625. The van der Waals surface area contributed by atoms with Crippen LogP contribution in [0.5, 0.6) is 0 Å². The molecule has 0 aliphatic carbocycles. The maximum atomic E-state index is 6.98. The van der Waals surface area contributed by atoms with Gasteiger partial charge in [0.2, 0.25) is 0 Å². The smallest absolute Gasteiger partial charge is 0.0833 e. The van der Waals surface area contributed by atoms with Gasteiger partial charge in [-0.3, -0.25) is 0 Å². The third-order valence-electron chi connectivity index (χ3n) is 6.44. The molecular formula is C32H50O. The molecule has 0 radical (unpaired) electrons. The Morgan fingerprint density at radius 2 is 0.879 bits per heavy atom. The van der Waals surface area contributed by atoms with Crippen LogP contribution in [0.4, 0.5) is 0 Å². The maximum Gasteiger partial charge on any atom is 0.0833 e. The van der Waals surface area contributed by atoms with Crippen molar-refractivity contribution in [3.05, 3.63) is 71.8 Å². The Morgan fingerprint density at radius 1 is 0.545 bits per heavy atom. The Labute approximate surface area is 205 Å². The van der Waals surface area contributed by atoms with E-state index in [2.05, 4.69) is 116 Å². The molecule has 1 nitrogen and oxygen atoms in total. The van der Waals surface area contributed by atoms with E-state index in [-0.39, 0.29) is 12.2 Å². The summed E-state index contributed by atoms with van der Waals surface area (Å²) in [7, 11) is 0. The van der Waals surface area contributed by atoms with Crippen LogP contribution in [-0.2, 0) is 4.74 Å². The zero-order valence-corrected chi connectivity index (χ0v) is 22.7. The third kappa shape index (κ3) is 11.4. The van der Waals surface area contributed by atoms with E-state index >= 15 is 0 Å². The van der Waals surface area contributed by atoms with Gasteiger partial charge in [-0.25, -0.2) is 0 Å². The number of ether oxygens (including phenoxy) is 1. The van der Waals surface area contributed by atoms with Crippen molar-refractivity contribution < 1.29 is 4.74 Å². The van der Waals surface area contributed by atoms with Crippen LogP contribution in [-0.4, -0.2) is 0 Å². The Balaban J connectivity index is 2.16. The van der Waals surface area contributed by atoms with Gasteiger partial charge in [0.1, 0.15) is 0 Å². The lowest BCUT2D eigenvalue weighted by molar-refractivity contribution is -0.0302. The zero-order valence-electron chi connectivity index (χ0n) is 22.7. The Hall–Kier alpha value is -1.60. The first kappa shape index (κ1) is 27.6. The minimum atomic E-state index is 0.136. The van der Waals surface area contributed by atoms with Crippen molar-refractivity contribution in [2.45, 2.75) is 106 Å². The van der Waals surface area contributed by atoms with Gasteiger partial charge in [0.05, 0.1) is 12.2 Å². The van der Waals surface area contributed by atoms with Crippen molar-refractivity contribution in [1.29, 1.82) is 0 Å². The van der Waals surface area contributed by atoms with Crippen LogP contribution in [0, 0.1) is 22.7 Å². The van der Waals surface area contributed by atoms with E-state index in [4.69, 9.17) is 4.74 Å². The van der Waals surface area contributed by atoms with Crippen molar-refractivity contribution >= 4 is 0 Å². The predicted octanol–water partition coefficient (Wildman–Crippen LogP) is 10.2. The lowest BCUT2D eigenvalue weighted by Gasteiger charge is -2.29. The van der Waals surface area contributed by atoms with Crippen LogP contribution in [0.25, 0.3) is 0 Å². The lowest BCUT2D eigenvalue weighted by atomic mass is 9.82. The monoisotopic (exact) mass is 450 g/mol. The molecule has 184 valence electrons. The molecule has 0 fully saturated rings. The van der Waals surface area contributed by atoms with E-state index in [9.17, 15) is 0 Å². The van der Waals surface area contributed by atoms with Crippen LogP contribution in [0.1, 0.15) is 117 Å². The van der Waals surface area contributed by atoms with Crippen molar-refractivity contribution in [3.8, 4) is 0 Å². The van der Waals surface area contributed by atoms with E-state index in [0.717, 1.165) is 12.8 Å². The normalized spacial score (nSPS) is 16.2. The highest BCUT2D eigenvalue weighted by atomic mass is 16.5. The molecule has 2 aromatic carbocycles. The zero-order chi connectivity index (χ0) is 24.5. The first-order chi connectivity index (χ1) is 15.4. The molecule has 0 saturated carbocycles. The van der Waals surface area contributed by atoms with Crippen LogP contribution < -0.4 is 0 Å². The molecule has 2 aromatic rings. The fourth-order valence-electron chi connectivity index (χ4n) is 5.33. The van der Waals surface area contributed by atoms with Crippen molar-refractivity contribution in [2.75, 3.05) is 0 Å². The summed E-state index contributed by atoms with van der Waals surface area (Å²) in [6, 6.07) is 21.7. The predicted molar refractivity (Wildman–Crippen MR) is 144 cm³/mol. The average molecular weight is 451 g/mol. The van der Waals surface area contributed by atoms with Crippen molar-refractivity contribution in [1.82, 2.24) is 0 Å². The summed E-state index contributed by atoms with van der Waals surface area (Å²) in [6.45, 7) is 18.9. The second-order valence-electron chi connectivity index (χ2n) is 12.8. The molecule has 0 saturated heterocycles. The lowest BCUT2D eigenvalue weighted by Crippen LogP contribution is -2.16. The number of benzene rings is 2. The van der Waals surface area contributed by atoms with E-state index in [1.54, 1.807) is 0 Å². The van der Waals surface area contributed by atoms with E-state index in [1.807, 2.05) is 0 Å². The standard InChI is InChI=1S/C32H50O/c1-25(23-31(3,4)5)19-21-29(27-15-11-9-12-16-27)33-30(28-17-13-10-14-18-28)22-20-26(2)24-32(6,7)8/h9-18,25-26,29-30H,19-24H2,1-8H3. The minimum Gasteiger partial charge on any atom is -0.366 e. The van der Waals surface area contributed by atoms with E-state index in [0.29, 0.717) is 22.7 Å².